The van der Waals surface area contributed by atoms with Crippen LogP contribution in [0.3, 0.4) is 0 Å². The second kappa shape index (κ2) is 6.16. The van der Waals surface area contributed by atoms with Crippen molar-refractivity contribution >= 4 is 40.6 Å². The summed E-state index contributed by atoms with van der Waals surface area (Å²) in [7, 11) is 0. The van der Waals surface area contributed by atoms with Gasteiger partial charge >= 0.3 is 202 Å². The molecule has 0 amide bonds. The molecule has 32 heavy (non-hydrogen) atoms. The number of benzene rings is 1. The zero-order valence-corrected chi connectivity index (χ0v) is 22.2. The third kappa shape index (κ3) is 2.33. The van der Waals surface area contributed by atoms with Crippen molar-refractivity contribution in [3.8, 4) is 20.0 Å². The van der Waals surface area contributed by atoms with E-state index in [9.17, 15) is 9.59 Å². The second-order valence-corrected chi connectivity index (χ2v) is 15.8. The van der Waals surface area contributed by atoms with Crippen LogP contribution < -0.4 is 0 Å². The summed E-state index contributed by atoms with van der Waals surface area (Å²) in [4.78, 5) is 26.0. The van der Waals surface area contributed by atoms with Crippen molar-refractivity contribution < 1.29 is 9.59 Å². The van der Waals surface area contributed by atoms with Crippen LogP contribution in [0.4, 0.5) is 0 Å². The molecule has 0 unspecified atom stereocenters. The zero-order valence-electron chi connectivity index (χ0n) is 18.8. The van der Waals surface area contributed by atoms with Crippen LogP contribution in [0.2, 0.25) is 0 Å². The van der Waals surface area contributed by atoms with Crippen molar-refractivity contribution in [2.45, 2.75) is 52.4 Å². The first kappa shape index (κ1) is 20.0. The molecule has 2 fully saturated rings. The van der Waals surface area contributed by atoms with E-state index in [4.69, 9.17) is 0 Å². The van der Waals surface area contributed by atoms with Crippen molar-refractivity contribution in [1.29, 1.82) is 0 Å². The van der Waals surface area contributed by atoms with Gasteiger partial charge in [0.1, 0.15) is 0 Å². The van der Waals surface area contributed by atoms with Crippen LogP contribution in [0.1, 0.15) is 82.0 Å². The molecule has 6 aliphatic carbocycles. The summed E-state index contributed by atoms with van der Waals surface area (Å²) >= 11 is 0.273. The summed E-state index contributed by atoms with van der Waals surface area (Å²) in [6.45, 7) is 9.06. The molecule has 1 aromatic carbocycles. The first-order valence-electron chi connectivity index (χ1n) is 11.6. The van der Waals surface area contributed by atoms with E-state index in [2.05, 4.69) is 64.1 Å². The van der Waals surface area contributed by atoms with Crippen LogP contribution in [-0.2, 0) is 0 Å². The van der Waals surface area contributed by atoms with Crippen LogP contribution in [0.5, 0.6) is 0 Å². The van der Waals surface area contributed by atoms with E-state index in [0.717, 1.165) is 21.7 Å². The van der Waals surface area contributed by atoms with Gasteiger partial charge in [0.15, 0.2) is 0 Å². The predicted molar refractivity (Wildman–Crippen MR) is 129 cm³/mol. The van der Waals surface area contributed by atoms with Gasteiger partial charge in [0.05, 0.1) is 0 Å². The normalized spacial score (nSPS) is 30.2. The molecule has 4 heteroatoms. The first-order chi connectivity index (χ1) is 15.2. The maximum atomic E-state index is 13.0. The van der Waals surface area contributed by atoms with Gasteiger partial charge in [0.2, 0.25) is 0 Å². The Hall–Kier alpha value is -1.44. The van der Waals surface area contributed by atoms with E-state index in [1.165, 1.54) is 31.1 Å². The van der Waals surface area contributed by atoms with E-state index in [-0.39, 0.29) is 51.7 Å². The average molecular weight is 552 g/mol. The molecule has 0 N–H and O–H groups in total. The Balaban J connectivity index is 1.22. The average Bonchev–Trinajstić information content (AvgIpc) is 3.39. The molecule has 4 bridgehead atoms. The third-order valence-electron chi connectivity index (χ3n) is 9.34. The molecule has 0 saturated heterocycles. The van der Waals surface area contributed by atoms with E-state index in [1.54, 1.807) is 0 Å². The summed E-state index contributed by atoms with van der Waals surface area (Å²) in [6.07, 6.45) is 2.10. The molecule has 2 nitrogen and oxygen atoms in total. The van der Waals surface area contributed by atoms with Gasteiger partial charge in [-0.25, -0.2) is 0 Å². The van der Waals surface area contributed by atoms with E-state index < -0.39 is 0 Å². The molecular formula is C28H26O2Se2. The molecule has 162 valence electrons. The molecular weight excluding hydrogens is 526 g/mol. The third-order valence-corrected chi connectivity index (χ3v) is 14.4. The maximum absolute atomic E-state index is 13.0. The number of rotatable bonds is 2. The Morgan fingerprint density at radius 3 is 1.38 bits per heavy atom. The Bertz CT molecular complexity index is 1230. The van der Waals surface area contributed by atoms with Gasteiger partial charge in [-0.1, -0.05) is 0 Å². The zero-order chi connectivity index (χ0) is 22.2. The Morgan fingerprint density at radius 1 is 0.656 bits per heavy atom. The van der Waals surface area contributed by atoms with Crippen molar-refractivity contribution in [2.24, 2.45) is 22.7 Å². The number of ketones is 2. The Morgan fingerprint density at radius 2 is 1.03 bits per heavy atom. The summed E-state index contributed by atoms with van der Waals surface area (Å²) in [5, 5.41) is 0. The quantitative estimate of drug-likeness (QED) is 0.378. The molecule has 0 radical (unpaired) electrons. The van der Waals surface area contributed by atoms with Crippen LogP contribution in [-0.4, -0.2) is 40.6 Å². The fourth-order valence-corrected chi connectivity index (χ4v) is 12.0. The molecule has 3 aromatic rings. The first-order valence-corrected chi connectivity index (χ1v) is 15.1. The van der Waals surface area contributed by atoms with Crippen molar-refractivity contribution in [2.75, 3.05) is 0 Å². The Kier molecular flexibility index (Phi) is 3.85. The standard InChI is InChI=1S/C28H26O2Se2/c1-27(2)17-11-19(27)23(29)25-15(17)9-21(31-25)13-5-7-14(8-6-13)22-10-16-18-12-20(28(18,3)4)24(30)26(16)32-22/h5-10,17-20H,11-12H2,1-4H3/t17-,18-,19+,20+/m0/s1. The monoisotopic (exact) mass is 554 g/mol. The van der Waals surface area contributed by atoms with Crippen molar-refractivity contribution in [3.63, 3.8) is 0 Å². The van der Waals surface area contributed by atoms with Crippen LogP contribution in [0.15, 0.2) is 36.4 Å². The van der Waals surface area contributed by atoms with Gasteiger partial charge in [0.25, 0.3) is 0 Å². The molecule has 2 saturated carbocycles. The number of hydrogen-bond acceptors (Lipinski definition) is 2. The minimum atomic E-state index is 0.136. The fraction of sp³-hybridized carbons (Fsp3) is 0.429. The summed E-state index contributed by atoms with van der Waals surface area (Å²) in [6, 6.07) is 13.6. The second-order valence-electron chi connectivity index (χ2n) is 11.4. The fourth-order valence-electron chi connectivity index (χ4n) is 6.91. The minimum absolute atomic E-state index is 0.136. The molecule has 6 aliphatic rings. The molecule has 4 atom stereocenters. The van der Waals surface area contributed by atoms with Gasteiger partial charge < -0.3 is 0 Å². The van der Waals surface area contributed by atoms with Gasteiger partial charge in [-0.3, -0.25) is 0 Å². The number of carbonyl (C=O) groups excluding carboxylic acids is 2. The van der Waals surface area contributed by atoms with Crippen LogP contribution >= 0.6 is 0 Å². The summed E-state index contributed by atoms with van der Waals surface area (Å²) < 4.78 is 5.01. The van der Waals surface area contributed by atoms with E-state index >= 15 is 0 Å². The summed E-state index contributed by atoms with van der Waals surface area (Å²) in [5.41, 5.74) is 5.49. The van der Waals surface area contributed by atoms with Gasteiger partial charge in [-0.15, -0.1) is 0 Å². The van der Waals surface area contributed by atoms with Gasteiger partial charge in [0, 0.05) is 0 Å². The molecule has 0 aliphatic heterocycles. The topological polar surface area (TPSA) is 34.1 Å². The predicted octanol–water partition coefficient (Wildman–Crippen LogP) is 5.79. The molecule has 0 spiro atoms. The molecule has 2 aromatic heterocycles. The SMILES string of the molecule is CC1(C)[C@@H]2C[C@H]1c1cc(-c3ccc(-c4cc5c([se]4)C(=O)[C@H]4C[C@@H]5C4(C)C)cc3)[se]c1C2=O. The Labute approximate surface area is 200 Å². The number of hydrogen-bond donors (Lipinski definition) is 0. The van der Waals surface area contributed by atoms with Gasteiger partial charge in [-0.05, 0) is 0 Å². The van der Waals surface area contributed by atoms with Gasteiger partial charge in [-0.2, -0.15) is 0 Å². The molecule has 2 heterocycles. The summed E-state index contributed by atoms with van der Waals surface area (Å²) in [5.74, 6) is 2.48. The number of Topliss-reactive ketones (excluding diaryl/α,β-unsaturated/α-hetero) is 2. The van der Waals surface area contributed by atoms with E-state index in [0.29, 0.717) is 23.4 Å². The van der Waals surface area contributed by atoms with Crippen molar-refractivity contribution in [1.82, 2.24) is 0 Å². The van der Waals surface area contributed by atoms with Crippen LogP contribution in [0.25, 0.3) is 20.0 Å². The van der Waals surface area contributed by atoms with Crippen LogP contribution in [0, 0.1) is 22.7 Å². The van der Waals surface area contributed by atoms with E-state index in [1.807, 2.05) is 0 Å². The van der Waals surface area contributed by atoms with Crippen molar-refractivity contribution in [3.05, 3.63) is 56.4 Å². The molecule has 9 rings (SSSR count). The number of carbonyl (C=O) groups is 2.